The van der Waals surface area contributed by atoms with Gasteiger partial charge in [0.1, 0.15) is 0 Å². The van der Waals surface area contributed by atoms with Crippen LogP contribution in [0.15, 0.2) is 0 Å². The number of piperidine rings is 1. The molecule has 1 heterocycles. The van der Waals surface area contributed by atoms with Crippen molar-refractivity contribution in [3.05, 3.63) is 0 Å². The van der Waals surface area contributed by atoms with Gasteiger partial charge in [-0.15, -0.1) is 12.4 Å². The summed E-state index contributed by atoms with van der Waals surface area (Å²) in [5, 5.41) is 2.69. The van der Waals surface area contributed by atoms with Crippen molar-refractivity contribution < 1.29 is 9.59 Å². The van der Waals surface area contributed by atoms with Gasteiger partial charge in [0.2, 0.25) is 11.8 Å². The molecule has 100 valence electrons. The summed E-state index contributed by atoms with van der Waals surface area (Å²) in [5.41, 5.74) is 5.24. The van der Waals surface area contributed by atoms with E-state index >= 15 is 0 Å². The Kier molecular flexibility index (Phi) is 8.80. The van der Waals surface area contributed by atoms with Gasteiger partial charge in [0.05, 0.1) is 0 Å². The number of halogens is 1. The van der Waals surface area contributed by atoms with Gasteiger partial charge in [-0.2, -0.15) is 0 Å². The van der Waals surface area contributed by atoms with Gasteiger partial charge < -0.3 is 16.0 Å². The summed E-state index contributed by atoms with van der Waals surface area (Å²) in [5.74, 6) is 0.0710. The van der Waals surface area contributed by atoms with Crippen LogP contribution in [0.5, 0.6) is 0 Å². The fraction of sp³-hybridized carbons (Fsp3) is 0.818. The van der Waals surface area contributed by atoms with E-state index in [4.69, 9.17) is 5.73 Å². The van der Waals surface area contributed by atoms with Crippen LogP contribution in [0.3, 0.4) is 0 Å². The Morgan fingerprint density at radius 1 is 1.12 bits per heavy atom. The lowest BCUT2D eigenvalue weighted by atomic mass is 10.1. The maximum Gasteiger partial charge on any atom is 0.224 e. The molecular weight excluding hydrogens is 242 g/mol. The number of amides is 2. The molecule has 1 aliphatic heterocycles. The van der Waals surface area contributed by atoms with Crippen molar-refractivity contribution in [2.45, 2.75) is 32.1 Å². The monoisotopic (exact) mass is 263 g/mol. The molecule has 1 aliphatic rings. The van der Waals surface area contributed by atoms with Gasteiger partial charge >= 0.3 is 0 Å². The molecule has 17 heavy (non-hydrogen) atoms. The van der Waals surface area contributed by atoms with Gasteiger partial charge in [-0.3, -0.25) is 9.59 Å². The largest absolute Gasteiger partial charge is 0.356 e. The highest BCUT2D eigenvalue weighted by Crippen LogP contribution is 2.09. The van der Waals surface area contributed by atoms with E-state index in [0.717, 1.165) is 25.9 Å². The van der Waals surface area contributed by atoms with E-state index in [-0.39, 0.29) is 24.2 Å². The SMILES string of the molecule is Cl.NCCC(=O)NCCC(=O)N1CCCCC1. The zero-order chi connectivity index (χ0) is 11.8. The van der Waals surface area contributed by atoms with E-state index in [2.05, 4.69) is 5.32 Å². The second-order valence-corrected chi connectivity index (χ2v) is 4.08. The summed E-state index contributed by atoms with van der Waals surface area (Å²) in [4.78, 5) is 24.7. The van der Waals surface area contributed by atoms with Crippen molar-refractivity contribution in [1.82, 2.24) is 10.2 Å². The number of nitrogens with two attached hydrogens (primary N) is 1. The molecule has 1 fully saturated rings. The smallest absolute Gasteiger partial charge is 0.224 e. The van der Waals surface area contributed by atoms with Crippen molar-refractivity contribution in [3.63, 3.8) is 0 Å². The highest BCUT2D eigenvalue weighted by atomic mass is 35.5. The molecular formula is C11H22ClN3O2. The first-order valence-electron chi connectivity index (χ1n) is 5.98. The zero-order valence-corrected chi connectivity index (χ0v) is 10.9. The molecule has 0 unspecified atom stereocenters. The maximum absolute atomic E-state index is 11.7. The Bertz CT molecular complexity index is 243. The van der Waals surface area contributed by atoms with Gasteiger partial charge in [0, 0.05) is 39.0 Å². The minimum Gasteiger partial charge on any atom is -0.356 e. The number of hydrogen-bond acceptors (Lipinski definition) is 3. The number of nitrogens with one attached hydrogen (secondary N) is 1. The van der Waals surface area contributed by atoms with Crippen molar-refractivity contribution in [2.75, 3.05) is 26.2 Å². The Hall–Kier alpha value is -0.810. The fourth-order valence-corrected chi connectivity index (χ4v) is 1.83. The van der Waals surface area contributed by atoms with Gasteiger partial charge in [0.25, 0.3) is 0 Å². The third kappa shape index (κ3) is 6.48. The molecule has 0 saturated carbocycles. The van der Waals surface area contributed by atoms with Crippen LogP contribution in [-0.4, -0.2) is 42.9 Å². The highest BCUT2D eigenvalue weighted by Gasteiger charge is 2.15. The number of rotatable bonds is 5. The first-order chi connectivity index (χ1) is 7.74. The Morgan fingerprint density at radius 2 is 1.76 bits per heavy atom. The molecule has 1 saturated heterocycles. The predicted octanol–water partition coefficient (Wildman–Crippen LogP) is 0.276. The third-order valence-electron chi connectivity index (χ3n) is 2.74. The lowest BCUT2D eigenvalue weighted by molar-refractivity contribution is -0.132. The van der Waals surface area contributed by atoms with Gasteiger partial charge in [-0.1, -0.05) is 0 Å². The zero-order valence-electron chi connectivity index (χ0n) is 10.1. The molecule has 0 spiro atoms. The van der Waals surface area contributed by atoms with Gasteiger partial charge in [-0.25, -0.2) is 0 Å². The molecule has 6 heteroatoms. The van der Waals surface area contributed by atoms with E-state index in [9.17, 15) is 9.59 Å². The average Bonchev–Trinajstić information content (AvgIpc) is 2.30. The van der Waals surface area contributed by atoms with Crippen LogP contribution < -0.4 is 11.1 Å². The average molecular weight is 264 g/mol. The molecule has 0 radical (unpaired) electrons. The molecule has 0 aliphatic carbocycles. The Labute approximate surface area is 109 Å². The van der Waals surface area contributed by atoms with E-state index in [0.29, 0.717) is 25.9 Å². The van der Waals surface area contributed by atoms with Crippen LogP contribution in [0.2, 0.25) is 0 Å². The Morgan fingerprint density at radius 3 is 2.35 bits per heavy atom. The normalized spacial score (nSPS) is 15.0. The van der Waals surface area contributed by atoms with E-state index in [1.54, 1.807) is 0 Å². The van der Waals surface area contributed by atoms with E-state index in [1.807, 2.05) is 4.90 Å². The van der Waals surface area contributed by atoms with Crippen LogP contribution in [0, 0.1) is 0 Å². The summed E-state index contributed by atoms with van der Waals surface area (Å²) >= 11 is 0. The maximum atomic E-state index is 11.7. The number of nitrogens with zero attached hydrogens (tertiary/aromatic N) is 1. The number of likely N-dealkylation sites (tertiary alicyclic amines) is 1. The topological polar surface area (TPSA) is 75.4 Å². The summed E-state index contributed by atoms with van der Waals surface area (Å²) in [6.45, 7) is 2.52. The van der Waals surface area contributed by atoms with Crippen molar-refractivity contribution in [2.24, 2.45) is 5.73 Å². The summed E-state index contributed by atoms with van der Waals surface area (Å²) in [6.07, 6.45) is 4.15. The molecule has 0 aromatic rings. The van der Waals surface area contributed by atoms with Crippen LogP contribution in [0.25, 0.3) is 0 Å². The minimum atomic E-state index is -0.0751. The molecule has 3 N–H and O–H groups in total. The first kappa shape index (κ1) is 16.2. The third-order valence-corrected chi connectivity index (χ3v) is 2.74. The molecule has 0 bridgehead atoms. The molecule has 2 amide bonds. The van der Waals surface area contributed by atoms with Crippen molar-refractivity contribution in [1.29, 1.82) is 0 Å². The summed E-state index contributed by atoms with van der Waals surface area (Å²) in [7, 11) is 0. The number of carbonyl (C=O) groups is 2. The second-order valence-electron chi connectivity index (χ2n) is 4.08. The number of carbonyl (C=O) groups excluding carboxylic acids is 2. The summed E-state index contributed by atoms with van der Waals surface area (Å²) < 4.78 is 0. The van der Waals surface area contributed by atoms with Gasteiger partial charge in [0.15, 0.2) is 0 Å². The molecule has 0 atom stereocenters. The summed E-state index contributed by atoms with van der Waals surface area (Å²) in [6, 6.07) is 0. The lowest BCUT2D eigenvalue weighted by Crippen LogP contribution is -2.38. The quantitative estimate of drug-likeness (QED) is 0.748. The molecule has 5 nitrogen and oxygen atoms in total. The molecule has 1 rings (SSSR count). The van der Waals surface area contributed by atoms with Crippen LogP contribution in [0.4, 0.5) is 0 Å². The van der Waals surface area contributed by atoms with E-state index < -0.39 is 0 Å². The minimum absolute atomic E-state index is 0. The lowest BCUT2D eigenvalue weighted by Gasteiger charge is -2.26. The first-order valence-corrected chi connectivity index (χ1v) is 5.98. The van der Waals surface area contributed by atoms with Gasteiger partial charge in [-0.05, 0) is 19.3 Å². The van der Waals surface area contributed by atoms with Crippen LogP contribution in [-0.2, 0) is 9.59 Å². The highest BCUT2D eigenvalue weighted by molar-refractivity contribution is 5.85. The molecule has 0 aromatic carbocycles. The fourth-order valence-electron chi connectivity index (χ4n) is 1.83. The van der Waals surface area contributed by atoms with Crippen molar-refractivity contribution >= 4 is 24.2 Å². The van der Waals surface area contributed by atoms with E-state index in [1.165, 1.54) is 6.42 Å². The molecule has 0 aromatic heterocycles. The number of hydrogen-bond donors (Lipinski definition) is 2. The standard InChI is InChI=1S/C11H21N3O2.ClH/c12-6-4-10(15)13-7-5-11(16)14-8-2-1-3-9-14;/h1-9,12H2,(H,13,15);1H. The van der Waals surface area contributed by atoms with Crippen molar-refractivity contribution in [3.8, 4) is 0 Å². The Balaban J connectivity index is 0.00000256. The van der Waals surface area contributed by atoms with Crippen LogP contribution >= 0.6 is 12.4 Å². The van der Waals surface area contributed by atoms with Crippen LogP contribution in [0.1, 0.15) is 32.1 Å². The predicted molar refractivity (Wildman–Crippen MR) is 69.0 cm³/mol. The second kappa shape index (κ2) is 9.24.